The van der Waals surface area contributed by atoms with E-state index in [1.807, 2.05) is 14.1 Å². The van der Waals surface area contributed by atoms with E-state index in [-0.39, 0.29) is 29.4 Å². The Bertz CT molecular complexity index is 849. The minimum absolute atomic E-state index is 0.0283. The number of rotatable bonds is 39. The molecule has 0 bridgehead atoms. The van der Waals surface area contributed by atoms with E-state index < -0.39 is 0 Å². The Morgan fingerprint density at radius 2 is 1.00 bits per heavy atom. The van der Waals surface area contributed by atoms with Gasteiger partial charge in [0, 0.05) is 19.3 Å². The van der Waals surface area contributed by atoms with E-state index in [9.17, 15) is 14.4 Å². The molecule has 0 radical (unpaired) electrons. The van der Waals surface area contributed by atoms with Crippen LogP contribution in [0.15, 0.2) is 0 Å². The fraction of sp³-hybridized carbons (Fsp3) is 0.935. The van der Waals surface area contributed by atoms with Crippen LogP contribution in [0.2, 0.25) is 0 Å². The summed E-state index contributed by atoms with van der Waals surface area (Å²) in [6, 6.07) is 0. The molecule has 0 aliphatic rings. The fourth-order valence-electron chi connectivity index (χ4n) is 7.05. The minimum atomic E-state index is -0.0832. The van der Waals surface area contributed by atoms with Crippen LogP contribution in [0.1, 0.15) is 227 Å². The predicted molar refractivity (Wildman–Crippen MR) is 223 cm³/mol. The van der Waals surface area contributed by atoms with Gasteiger partial charge in [0.1, 0.15) is 6.10 Å². The van der Waals surface area contributed by atoms with E-state index in [2.05, 4.69) is 39.5 Å². The van der Waals surface area contributed by atoms with Gasteiger partial charge in [0.2, 0.25) is 0 Å². The maximum Gasteiger partial charge on any atom is 0.306 e. The van der Waals surface area contributed by atoms with Crippen LogP contribution < -0.4 is 0 Å². The van der Waals surface area contributed by atoms with Crippen molar-refractivity contribution in [2.24, 2.45) is 11.3 Å². The Hall–Kier alpha value is -1.63. The van der Waals surface area contributed by atoms with Crippen molar-refractivity contribution in [1.82, 2.24) is 4.90 Å². The molecule has 7 heteroatoms. The van der Waals surface area contributed by atoms with Gasteiger partial charge in [-0.15, -0.1) is 0 Å². The first-order valence-corrected chi connectivity index (χ1v) is 22.7. The van der Waals surface area contributed by atoms with E-state index >= 15 is 0 Å². The number of hydrogen-bond donors (Lipinski definition) is 0. The Labute approximate surface area is 329 Å². The summed E-state index contributed by atoms with van der Waals surface area (Å²) in [5.41, 5.74) is -0.0621. The van der Waals surface area contributed by atoms with Gasteiger partial charge < -0.3 is 19.1 Å². The third-order valence-electron chi connectivity index (χ3n) is 10.6. The van der Waals surface area contributed by atoms with E-state index in [1.54, 1.807) is 0 Å². The van der Waals surface area contributed by atoms with Crippen molar-refractivity contribution in [2.45, 2.75) is 233 Å². The average molecular weight is 752 g/mol. The summed E-state index contributed by atoms with van der Waals surface area (Å²) >= 11 is 0. The zero-order chi connectivity index (χ0) is 39.4. The van der Waals surface area contributed by atoms with Crippen LogP contribution in [0.25, 0.3) is 0 Å². The molecule has 0 aromatic carbocycles. The van der Waals surface area contributed by atoms with Gasteiger partial charge in [-0.2, -0.15) is 0 Å². The lowest BCUT2D eigenvalue weighted by molar-refractivity contribution is -0.150. The van der Waals surface area contributed by atoms with Gasteiger partial charge in [-0.25, -0.2) is 0 Å². The molecule has 0 aromatic heterocycles. The van der Waals surface area contributed by atoms with Crippen LogP contribution >= 0.6 is 0 Å². The first-order chi connectivity index (χ1) is 25.5. The molecule has 0 fully saturated rings. The number of esters is 3. The summed E-state index contributed by atoms with van der Waals surface area (Å²) < 4.78 is 17.3. The molecule has 314 valence electrons. The highest BCUT2D eigenvalue weighted by atomic mass is 16.5. The molecule has 0 aliphatic carbocycles. The average Bonchev–Trinajstić information content (AvgIpc) is 3.11. The molecular weight excluding hydrogens is 663 g/mol. The van der Waals surface area contributed by atoms with Crippen molar-refractivity contribution < 1.29 is 28.6 Å². The number of carbonyl (C=O) groups excluding carboxylic acids is 3. The number of carbonyl (C=O) groups is 3. The molecule has 0 spiro atoms. The smallest absolute Gasteiger partial charge is 0.306 e. The number of nitrogens with zero attached hydrogens (tertiary/aromatic N) is 1. The van der Waals surface area contributed by atoms with Crippen molar-refractivity contribution in [3.05, 3.63) is 0 Å². The third-order valence-corrected chi connectivity index (χ3v) is 10.6. The molecule has 0 rings (SSSR count). The summed E-state index contributed by atoms with van der Waals surface area (Å²) in [6.45, 7) is 13.0. The van der Waals surface area contributed by atoms with E-state index in [0.29, 0.717) is 38.4 Å². The molecular formula is C46H89NO6. The van der Waals surface area contributed by atoms with Gasteiger partial charge in [-0.1, -0.05) is 150 Å². The van der Waals surface area contributed by atoms with E-state index in [1.165, 1.54) is 83.5 Å². The SMILES string of the molecule is CCCCCCCCCC(=O)OCC(C)(C)CCCCC(CCCCCCCOC(=O)CCC(CCCCC)CCCCC)OC(=O)CCCN(C)C. The monoisotopic (exact) mass is 752 g/mol. The Morgan fingerprint density at radius 3 is 1.62 bits per heavy atom. The number of hydrogen-bond acceptors (Lipinski definition) is 7. The lowest BCUT2D eigenvalue weighted by Crippen LogP contribution is -2.22. The van der Waals surface area contributed by atoms with Crippen molar-refractivity contribution >= 4 is 17.9 Å². The fourth-order valence-corrected chi connectivity index (χ4v) is 7.05. The molecule has 0 saturated heterocycles. The lowest BCUT2D eigenvalue weighted by atomic mass is 9.87. The van der Waals surface area contributed by atoms with Crippen molar-refractivity contribution in [3.8, 4) is 0 Å². The highest BCUT2D eigenvalue weighted by Gasteiger charge is 2.21. The molecule has 0 heterocycles. The maximum absolute atomic E-state index is 12.7. The zero-order valence-corrected chi connectivity index (χ0v) is 36.4. The molecule has 53 heavy (non-hydrogen) atoms. The van der Waals surface area contributed by atoms with E-state index in [4.69, 9.17) is 14.2 Å². The quantitative estimate of drug-likeness (QED) is 0.0351. The first kappa shape index (κ1) is 51.4. The summed E-state index contributed by atoms with van der Waals surface area (Å²) in [6.07, 6.45) is 31.8. The van der Waals surface area contributed by atoms with Crippen LogP contribution in [0.3, 0.4) is 0 Å². The largest absolute Gasteiger partial charge is 0.466 e. The Morgan fingerprint density at radius 1 is 0.509 bits per heavy atom. The summed E-state index contributed by atoms with van der Waals surface area (Å²) in [4.78, 5) is 39.5. The van der Waals surface area contributed by atoms with Crippen LogP contribution in [0, 0.1) is 11.3 Å². The van der Waals surface area contributed by atoms with Crippen molar-refractivity contribution in [2.75, 3.05) is 33.9 Å². The highest BCUT2D eigenvalue weighted by molar-refractivity contribution is 5.70. The normalized spacial score (nSPS) is 12.4. The Kier molecular flexibility index (Phi) is 34.9. The second-order valence-electron chi connectivity index (χ2n) is 17.1. The molecule has 1 atom stereocenters. The summed E-state index contributed by atoms with van der Waals surface area (Å²) in [7, 11) is 4.05. The highest BCUT2D eigenvalue weighted by Crippen LogP contribution is 2.26. The van der Waals surface area contributed by atoms with Gasteiger partial charge in [-0.05, 0) is 89.8 Å². The number of ether oxygens (including phenoxy) is 3. The third kappa shape index (κ3) is 35.8. The first-order valence-electron chi connectivity index (χ1n) is 22.7. The molecule has 7 nitrogen and oxygen atoms in total. The van der Waals surface area contributed by atoms with Gasteiger partial charge in [0.25, 0.3) is 0 Å². The van der Waals surface area contributed by atoms with Crippen LogP contribution in [-0.4, -0.2) is 62.8 Å². The standard InChI is InChI=1S/C46H89NO6/c1-8-11-14-15-16-19-24-33-43(48)52-40-46(4,5)37-26-25-32-42(53-45(50)34-28-38-47(6)7)31-23-18-17-20-27-39-51-44(49)36-35-41(29-21-12-9-2)30-22-13-10-3/h41-42H,8-40H2,1-7H3. The van der Waals surface area contributed by atoms with Gasteiger partial charge >= 0.3 is 17.9 Å². The minimum Gasteiger partial charge on any atom is -0.466 e. The predicted octanol–water partition coefficient (Wildman–Crippen LogP) is 13.0. The van der Waals surface area contributed by atoms with Gasteiger partial charge in [0.05, 0.1) is 13.2 Å². The van der Waals surface area contributed by atoms with Crippen LogP contribution in [-0.2, 0) is 28.6 Å². The Balaban J connectivity index is 4.42. The summed E-state index contributed by atoms with van der Waals surface area (Å²) in [5.74, 6) is 0.484. The molecule has 0 saturated carbocycles. The number of unbranched alkanes of at least 4 members (excludes halogenated alkanes) is 15. The van der Waals surface area contributed by atoms with Crippen molar-refractivity contribution in [1.29, 1.82) is 0 Å². The topological polar surface area (TPSA) is 82.1 Å². The van der Waals surface area contributed by atoms with Crippen LogP contribution in [0.4, 0.5) is 0 Å². The van der Waals surface area contributed by atoms with Gasteiger partial charge in [-0.3, -0.25) is 14.4 Å². The lowest BCUT2D eigenvalue weighted by Gasteiger charge is -2.25. The van der Waals surface area contributed by atoms with E-state index in [0.717, 1.165) is 96.4 Å². The molecule has 0 aliphatic heterocycles. The van der Waals surface area contributed by atoms with Crippen LogP contribution in [0.5, 0.6) is 0 Å². The van der Waals surface area contributed by atoms with Gasteiger partial charge in [0.15, 0.2) is 0 Å². The zero-order valence-electron chi connectivity index (χ0n) is 36.4. The molecule has 1 unspecified atom stereocenters. The van der Waals surface area contributed by atoms with Crippen molar-refractivity contribution in [3.63, 3.8) is 0 Å². The molecule has 0 aromatic rings. The maximum atomic E-state index is 12.7. The second kappa shape index (κ2) is 36.0. The summed E-state index contributed by atoms with van der Waals surface area (Å²) in [5, 5.41) is 0. The molecule has 0 amide bonds. The molecule has 0 N–H and O–H groups in total. The second-order valence-corrected chi connectivity index (χ2v) is 17.1.